The summed E-state index contributed by atoms with van der Waals surface area (Å²) in [6, 6.07) is 0. The van der Waals surface area contributed by atoms with Gasteiger partial charge in [0.05, 0.1) is 0 Å². The van der Waals surface area contributed by atoms with Crippen LogP contribution in [0.15, 0.2) is 50.6 Å². The average molecular weight is 388 g/mol. The molecule has 0 fully saturated rings. The summed E-state index contributed by atoms with van der Waals surface area (Å²) in [5, 5.41) is 30.4. The number of hydrogen-bond acceptors (Lipinski definition) is 4. The van der Waals surface area contributed by atoms with Crippen LogP contribution in [0, 0.1) is 5.41 Å². The van der Waals surface area contributed by atoms with Crippen LogP contribution in [0.25, 0.3) is 0 Å². The van der Waals surface area contributed by atoms with Crippen molar-refractivity contribution >= 4 is 23.9 Å². The Morgan fingerprint density at radius 3 is 0.741 bits per heavy atom. The molecule has 8 nitrogen and oxygen atoms in total. The van der Waals surface area contributed by atoms with Gasteiger partial charge in [-0.3, -0.25) is 0 Å². The van der Waals surface area contributed by atoms with Crippen molar-refractivity contribution < 1.29 is 39.6 Å². The maximum Gasteiger partial charge on any atom is 0.327 e. The standard InChI is InChI=1S/C7H16.4C3H4O2/c1-5-7(3,4)6-2;4*1-2-3(4)5/h5-6H2,1-4H3;4*2H,1H2,(H,4,5). The summed E-state index contributed by atoms with van der Waals surface area (Å²) in [6.07, 6.45) is 5.92. The third-order valence-corrected chi connectivity index (χ3v) is 2.61. The second-order valence-electron chi connectivity index (χ2n) is 5.04. The highest BCUT2D eigenvalue weighted by atomic mass is 16.4. The van der Waals surface area contributed by atoms with E-state index in [0.29, 0.717) is 5.41 Å². The minimum atomic E-state index is -0.981. The third-order valence-electron chi connectivity index (χ3n) is 2.61. The Bertz CT molecular complexity index is 398. The summed E-state index contributed by atoms with van der Waals surface area (Å²) in [7, 11) is 0. The lowest BCUT2D eigenvalue weighted by molar-refractivity contribution is -0.132. The molecular formula is C19H32O8. The van der Waals surface area contributed by atoms with Gasteiger partial charge in [0.15, 0.2) is 0 Å². The fraction of sp³-hybridized carbons (Fsp3) is 0.368. The first-order valence-electron chi connectivity index (χ1n) is 7.62. The Morgan fingerprint density at radius 1 is 0.630 bits per heavy atom. The average Bonchev–Trinajstić information content (AvgIpc) is 2.63. The first kappa shape index (κ1) is 35.0. The normalized spacial score (nSPS) is 7.85. The van der Waals surface area contributed by atoms with Crippen LogP contribution in [0.2, 0.25) is 0 Å². The maximum atomic E-state index is 9.25. The van der Waals surface area contributed by atoms with Crippen molar-refractivity contribution in [2.75, 3.05) is 0 Å². The van der Waals surface area contributed by atoms with Crippen molar-refractivity contribution in [3.8, 4) is 0 Å². The van der Waals surface area contributed by atoms with E-state index in [9.17, 15) is 19.2 Å². The van der Waals surface area contributed by atoms with Crippen molar-refractivity contribution in [2.24, 2.45) is 5.41 Å². The Hall–Kier alpha value is -3.16. The molecule has 0 aliphatic rings. The molecule has 0 aliphatic carbocycles. The quantitative estimate of drug-likeness (QED) is 0.501. The summed E-state index contributed by atoms with van der Waals surface area (Å²) >= 11 is 0. The fourth-order valence-electron chi connectivity index (χ4n) is 0.250. The molecule has 0 atom stereocenters. The van der Waals surface area contributed by atoms with Crippen LogP contribution in [0.1, 0.15) is 40.5 Å². The number of carboxylic acids is 4. The van der Waals surface area contributed by atoms with E-state index in [1.165, 1.54) is 12.8 Å². The Balaban J connectivity index is -0.0000000753. The molecule has 0 aliphatic heterocycles. The summed E-state index contributed by atoms with van der Waals surface area (Å²) in [4.78, 5) is 37.0. The van der Waals surface area contributed by atoms with Gasteiger partial charge in [0.1, 0.15) is 0 Å². The summed E-state index contributed by atoms with van der Waals surface area (Å²) in [6.45, 7) is 20.9. The van der Waals surface area contributed by atoms with E-state index in [1.54, 1.807) is 0 Å². The summed E-state index contributed by atoms with van der Waals surface area (Å²) < 4.78 is 0. The second kappa shape index (κ2) is 25.1. The van der Waals surface area contributed by atoms with Gasteiger partial charge in [-0.2, -0.15) is 0 Å². The molecule has 0 spiro atoms. The number of rotatable bonds is 6. The van der Waals surface area contributed by atoms with Gasteiger partial charge < -0.3 is 20.4 Å². The lowest BCUT2D eigenvalue weighted by Gasteiger charge is -2.18. The van der Waals surface area contributed by atoms with Gasteiger partial charge in [-0.15, -0.1) is 0 Å². The van der Waals surface area contributed by atoms with Crippen LogP contribution in [-0.2, 0) is 19.2 Å². The molecule has 0 saturated carbocycles. The van der Waals surface area contributed by atoms with Crippen LogP contribution < -0.4 is 0 Å². The highest BCUT2D eigenvalue weighted by Gasteiger charge is 2.09. The van der Waals surface area contributed by atoms with Gasteiger partial charge in [0.25, 0.3) is 0 Å². The molecule has 0 heterocycles. The van der Waals surface area contributed by atoms with Crippen LogP contribution in [0.5, 0.6) is 0 Å². The minimum absolute atomic E-state index is 0.583. The van der Waals surface area contributed by atoms with E-state index >= 15 is 0 Å². The van der Waals surface area contributed by atoms with Crippen molar-refractivity contribution in [1.29, 1.82) is 0 Å². The van der Waals surface area contributed by atoms with Crippen molar-refractivity contribution in [3.05, 3.63) is 50.6 Å². The highest BCUT2D eigenvalue weighted by Crippen LogP contribution is 2.22. The molecule has 0 saturated heterocycles. The minimum Gasteiger partial charge on any atom is -0.478 e. The first-order chi connectivity index (χ1) is 12.2. The van der Waals surface area contributed by atoms with E-state index in [4.69, 9.17) is 20.4 Å². The fourth-order valence-corrected chi connectivity index (χ4v) is 0.250. The van der Waals surface area contributed by atoms with Crippen LogP contribution >= 0.6 is 0 Å². The Morgan fingerprint density at radius 2 is 0.741 bits per heavy atom. The van der Waals surface area contributed by atoms with E-state index in [1.807, 2.05) is 0 Å². The van der Waals surface area contributed by atoms with Gasteiger partial charge in [0, 0.05) is 24.3 Å². The van der Waals surface area contributed by atoms with E-state index < -0.39 is 23.9 Å². The molecule has 8 heteroatoms. The zero-order valence-electron chi connectivity index (χ0n) is 16.5. The van der Waals surface area contributed by atoms with E-state index in [-0.39, 0.29) is 0 Å². The lowest BCUT2D eigenvalue weighted by atomic mass is 9.88. The molecule has 0 amide bonds. The first-order valence-corrected chi connectivity index (χ1v) is 7.62. The molecule has 0 bridgehead atoms. The Kier molecular flexibility index (Phi) is 32.6. The molecule has 27 heavy (non-hydrogen) atoms. The van der Waals surface area contributed by atoms with Gasteiger partial charge in [-0.05, 0) is 5.41 Å². The molecule has 0 aromatic rings. The molecule has 0 aromatic carbocycles. The van der Waals surface area contributed by atoms with Gasteiger partial charge >= 0.3 is 23.9 Å². The SMILES string of the molecule is C=CC(=O)O.C=CC(=O)O.C=CC(=O)O.C=CC(=O)O.CCC(C)(C)CC. The van der Waals surface area contributed by atoms with Crippen LogP contribution in [0.3, 0.4) is 0 Å². The lowest BCUT2D eigenvalue weighted by Crippen LogP contribution is -2.05. The number of carbonyl (C=O) groups is 4. The molecule has 0 radical (unpaired) electrons. The highest BCUT2D eigenvalue weighted by molar-refractivity contribution is 5.79. The molecule has 0 unspecified atom stereocenters. The zero-order valence-corrected chi connectivity index (χ0v) is 16.5. The molecular weight excluding hydrogens is 356 g/mol. The van der Waals surface area contributed by atoms with Crippen molar-refractivity contribution in [2.45, 2.75) is 40.5 Å². The zero-order chi connectivity index (χ0) is 23.1. The largest absolute Gasteiger partial charge is 0.478 e. The van der Waals surface area contributed by atoms with E-state index in [0.717, 1.165) is 24.3 Å². The molecule has 0 rings (SSSR count). The number of hydrogen-bond donors (Lipinski definition) is 4. The number of carboxylic acid groups (broad SMARTS) is 4. The maximum absolute atomic E-state index is 9.25. The van der Waals surface area contributed by atoms with E-state index in [2.05, 4.69) is 54.0 Å². The molecule has 4 N–H and O–H groups in total. The monoisotopic (exact) mass is 388 g/mol. The molecule has 0 aromatic heterocycles. The second-order valence-corrected chi connectivity index (χ2v) is 5.04. The Labute approximate surface area is 160 Å². The van der Waals surface area contributed by atoms with Crippen molar-refractivity contribution in [1.82, 2.24) is 0 Å². The van der Waals surface area contributed by atoms with Gasteiger partial charge in [0.2, 0.25) is 0 Å². The molecule has 156 valence electrons. The third kappa shape index (κ3) is 84.4. The summed E-state index contributed by atoms with van der Waals surface area (Å²) in [5.41, 5.74) is 0.583. The topological polar surface area (TPSA) is 149 Å². The smallest absolute Gasteiger partial charge is 0.327 e. The van der Waals surface area contributed by atoms with Crippen LogP contribution in [-0.4, -0.2) is 44.3 Å². The number of aliphatic carboxylic acids is 4. The summed E-state index contributed by atoms with van der Waals surface area (Å²) in [5.74, 6) is -3.93. The van der Waals surface area contributed by atoms with Gasteiger partial charge in [-0.1, -0.05) is 66.9 Å². The predicted octanol–water partition coefficient (Wildman–Crippen LogP) is 3.86. The predicted molar refractivity (Wildman–Crippen MR) is 106 cm³/mol. The van der Waals surface area contributed by atoms with Crippen molar-refractivity contribution in [3.63, 3.8) is 0 Å². The van der Waals surface area contributed by atoms with Crippen LogP contribution in [0.4, 0.5) is 0 Å². The van der Waals surface area contributed by atoms with Gasteiger partial charge in [-0.25, -0.2) is 19.2 Å².